The third-order valence-electron chi connectivity index (χ3n) is 4.16. The topological polar surface area (TPSA) is 49.9 Å². The monoisotopic (exact) mass is 358 g/mol. The molecule has 1 heterocycles. The van der Waals surface area contributed by atoms with Gasteiger partial charge in [0, 0.05) is 33.1 Å². The van der Waals surface area contributed by atoms with Crippen LogP contribution in [-0.4, -0.2) is 55.4 Å². The van der Waals surface area contributed by atoms with Crippen LogP contribution in [0.5, 0.6) is 5.75 Å². The fourth-order valence-corrected chi connectivity index (χ4v) is 2.74. The third kappa shape index (κ3) is 5.11. The molecule has 1 fully saturated rings. The maximum absolute atomic E-state index is 12.7. The van der Waals surface area contributed by atoms with Crippen LogP contribution in [-0.2, 0) is 15.8 Å². The Morgan fingerprint density at radius 3 is 2.44 bits per heavy atom. The first-order chi connectivity index (χ1) is 11.7. The Hall–Kier alpha value is -2.25. The van der Waals surface area contributed by atoms with E-state index in [9.17, 15) is 22.8 Å². The lowest BCUT2D eigenvalue weighted by atomic mass is 9.95. The number of carbonyl (C=O) groups excluding carboxylic acids is 2. The van der Waals surface area contributed by atoms with E-state index in [1.807, 2.05) is 0 Å². The van der Waals surface area contributed by atoms with Crippen LogP contribution in [0.25, 0.3) is 0 Å². The van der Waals surface area contributed by atoms with Crippen LogP contribution >= 0.6 is 0 Å². The van der Waals surface area contributed by atoms with Gasteiger partial charge in [-0.15, -0.1) is 0 Å². The molecular formula is C17H21F3N2O3. The zero-order chi connectivity index (χ0) is 18.6. The SMILES string of the molecule is CN(C)C(=O)C1CCN(C(=O)COc2cccc(C(F)(F)F)c2)CC1. The van der Waals surface area contributed by atoms with Gasteiger partial charge in [-0.25, -0.2) is 0 Å². The lowest BCUT2D eigenvalue weighted by molar-refractivity contribution is -0.140. The Bertz CT molecular complexity index is 624. The van der Waals surface area contributed by atoms with E-state index in [2.05, 4.69) is 0 Å². The van der Waals surface area contributed by atoms with E-state index in [1.54, 1.807) is 23.9 Å². The van der Waals surface area contributed by atoms with Crippen LogP contribution in [0.15, 0.2) is 24.3 Å². The molecular weight excluding hydrogens is 337 g/mol. The van der Waals surface area contributed by atoms with Crippen LogP contribution in [0.1, 0.15) is 18.4 Å². The predicted octanol–water partition coefficient (Wildman–Crippen LogP) is 2.41. The zero-order valence-corrected chi connectivity index (χ0v) is 14.2. The number of halogens is 3. The Morgan fingerprint density at radius 1 is 1.24 bits per heavy atom. The average molecular weight is 358 g/mol. The molecule has 1 aliphatic heterocycles. The number of alkyl halides is 3. The van der Waals surface area contributed by atoms with Crippen LogP contribution in [0.2, 0.25) is 0 Å². The minimum absolute atomic E-state index is 0.000784. The first kappa shape index (κ1) is 19.1. The van der Waals surface area contributed by atoms with Crippen LogP contribution < -0.4 is 4.74 Å². The van der Waals surface area contributed by atoms with Crippen molar-refractivity contribution in [1.82, 2.24) is 9.80 Å². The van der Waals surface area contributed by atoms with Crippen molar-refractivity contribution in [2.75, 3.05) is 33.8 Å². The smallest absolute Gasteiger partial charge is 0.416 e. The van der Waals surface area contributed by atoms with Crippen LogP contribution in [0.4, 0.5) is 13.2 Å². The second kappa shape index (κ2) is 7.76. The molecule has 1 aromatic carbocycles. The minimum atomic E-state index is -4.45. The molecule has 1 aliphatic rings. The number of piperidine rings is 1. The van der Waals surface area contributed by atoms with E-state index in [0.717, 1.165) is 12.1 Å². The fourth-order valence-electron chi connectivity index (χ4n) is 2.74. The summed E-state index contributed by atoms with van der Waals surface area (Å²) in [6, 6.07) is 4.43. The summed E-state index contributed by atoms with van der Waals surface area (Å²) < 4.78 is 43.2. The van der Waals surface area contributed by atoms with Gasteiger partial charge in [0.2, 0.25) is 5.91 Å². The van der Waals surface area contributed by atoms with Crippen molar-refractivity contribution in [2.24, 2.45) is 5.92 Å². The second-order valence-corrected chi connectivity index (χ2v) is 6.20. The Kier molecular flexibility index (Phi) is 5.92. The summed E-state index contributed by atoms with van der Waals surface area (Å²) in [5.74, 6) is -0.343. The number of ether oxygens (including phenoxy) is 1. The molecule has 1 saturated heterocycles. The van der Waals surface area contributed by atoms with Crippen LogP contribution in [0.3, 0.4) is 0 Å². The molecule has 0 bridgehead atoms. The largest absolute Gasteiger partial charge is 0.484 e. The average Bonchev–Trinajstić information content (AvgIpc) is 2.58. The zero-order valence-electron chi connectivity index (χ0n) is 14.2. The van der Waals surface area contributed by atoms with E-state index in [-0.39, 0.29) is 30.1 Å². The highest BCUT2D eigenvalue weighted by Gasteiger charge is 2.31. The van der Waals surface area contributed by atoms with Gasteiger partial charge in [-0.2, -0.15) is 13.2 Å². The van der Waals surface area contributed by atoms with Gasteiger partial charge in [-0.05, 0) is 31.0 Å². The molecule has 0 N–H and O–H groups in total. The molecule has 25 heavy (non-hydrogen) atoms. The molecule has 0 aromatic heterocycles. The normalized spacial score (nSPS) is 15.8. The number of benzene rings is 1. The highest BCUT2D eigenvalue weighted by molar-refractivity contribution is 5.80. The molecule has 0 saturated carbocycles. The van der Waals surface area contributed by atoms with E-state index in [0.29, 0.717) is 25.9 Å². The summed E-state index contributed by atoms with van der Waals surface area (Å²) in [7, 11) is 3.39. The van der Waals surface area contributed by atoms with Gasteiger partial charge in [0.05, 0.1) is 5.56 Å². The molecule has 0 aliphatic carbocycles. The molecule has 0 atom stereocenters. The van der Waals surface area contributed by atoms with Gasteiger partial charge in [0.25, 0.3) is 5.91 Å². The molecule has 2 rings (SSSR count). The van der Waals surface area contributed by atoms with E-state index >= 15 is 0 Å². The lowest BCUT2D eigenvalue weighted by Crippen LogP contribution is -2.44. The Balaban J connectivity index is 1.85. The summed E-state index contributed by atoms with van der Waals surface area (Å²) in [5.41, 5.74) is -0.819. The van der Waals surface area contributed by atoms with Crippen molar-refractivity contribution in [3.8, 4) is 5.75 Å². The van der Waals surface area contributed by atoms with E-state index in [4.69, 9.17) is 4.74 Å². The van der Waals surface area contributed by atoms with Crippen molar-refractivity contribution in [2.45, 2.75) is 19.0 Å². The van der Waals surface area contributed by atoms with Crippen LogP contribution in [0, 0.1) is 5.92 Å². The maximum Gasteiger partial charge on any atom is 0.416 e. The fraction of sp³-hybridized carbons (Fsp3) is 0.529. The maximum atomic E-state index is 12.7. The molecule has 0 spiro atoms. The Morgan fingerprint density at radius 2 is 1.88 bits per heavy atom. The van der Waals surface area contributed by atoms with Gasteiger partial charge < -0.3 is 14.5 Å². The second-order valence-electron chi connectivity index (χ2n) is 6.20. The first-order valence-corrected chi connectivity index (χ1v) is 7.97. The lowest BCUT2D eigenvalue weighted by Gasteiger charge is -2.32. The molecule has 2 amide bonds. The number of nitrogens with zero attached hydrogens (tertiary/aromatic N) is 2. The Labute approximate surface area is 144 Å². The highest BCUT2D eigenvalue weighted by Crippen LogP contribution is 2.31. The first-order valence-electron chi connectivity index (χ1n) is 7.97. The van der Waals surface area contributed by atoms with Crippen molar-refractivity contribution in [1.29, 1.82) is 0 Å². The third-order valence-corrected chi connectivity index (χ3v) is 4.16. The molecule has 1 aromatic rings. The summed E-state index contributed by atoms with van der Waals surface area (Å²) in [6.07, 6.45) is -3.30. The number of hydrogen-bond donors (Lipinski definition) is 0. The number of likely N-dealkylation sites (tertiary alicyclic amines) is 1. The van der Waals surface area contributed by atoms with Crippen molar-refractivity contribution in [3.05, 3.63) is 29.8 Å². The molecule has 5 nitrogen and oxygen atoms in total. The minimum Gasteiger partial charge on any atom is -0.484 e. The van der Waals surface area contributed by atoms with Gasteiger partial charge in [0.15, 0.2) is 6.61 Å². The molecule has 0 unspecified atom stereocenters. The summed E-state index contributed by atoms with van der Waals surface area (Å²) in [5, 5.41) is 0. The molecule has 8 heteroatoms. The van der Waals surface area contributed by atoms with E-state index in [1.165, 1.54) is 12.1 Å². The quantitative estimate of drug-likeness (QED) is 0.831. The summed E-state index contributed by atoms with van der Waals surface area (Å²) in [6.45, 7) is 0.553. The van der Waals surface area contributed by atoms with Crippen molar-refractivity contribution < 1.29 is 27.5 Å². The number of carbonyl (C=O) groups is 2. The van der Waals surface area contributed by atoms with Gasteiger partial charge >= 0.3 is 6.18 Å². The number of rotatable bonds is 4. The molecule has 138 valence electrons. The highest BCUT2D eigenvalue weighted by atomic mass is 19.4. The summed E-state index contributed by atoms with van der Waals surface area (Å²) >= 11 is 0. The van der Waals surface area contributed by atoms with Gasteiger partial charge in [-0.1, -0.05) is 6.07 Å². The number of hydrogen-bond acceptors (Lipinski definition) is 3. The van der Waals surface area contributed by atoms with Gasteiger partial charge in [0.1, 0.15) is 5.75 Å². The van der Waals surface area contributed by atoms with Crippen molar-refractivity contribution >= 4 is 11.8 Å². The summed E-state index contributed by atoms with van der Waals surface area (Å²) in [4.78, 5) is 27.2. The predicted molar refractivity (Wildman–Crippen MR) is 84.9 cm³/mol. The number of amides is 2. The van der Waals surface area contributed by atoms with E-state index < -0.39 is 11.7 Å². The molecule has 0 radical (unpaired) electrons. The standard InChI is InChI=1S/C17H21F3N2O3/c1-21(2)16(24)12-6-8-22(9-7-12)15(23)11-25-14-5-3-4-13(10-14)17(18,19)20/h3-5,10,12H,6-9,11H2,1-2H3. The van der Waals surface area contributed by atoms with Crippen molar-refractivity contribution in [3.63, 3.8) is 0 Å². The van der Waals surface area contributed by atoms with Gasteiger partial charge in [-0.3, -0.25) is 9.59 Å².